The Balaban J connectivity index is 2.30. The first kappa shape index (κ1) is 15.2. The van der Waals surface area contributed by atoms with Crippen LogP contribution < -0.4 is 15.4 Å². The molecule has 2 N–H and O–H groups in total. The molecule has 0 amide bonds. The van der Waals surface area contributed by atoms with E-state index in [1.807, 2.05) is 13.0 Å². The van der Waals surface area contributed by atoms with Gasteiger partial charge in [0.2, 0.25) is 0 Å². The van der Waals surface area contributed by atoms with Crippen molar-refractivity contribution in [3.05, 3.63) is 23.8 Å². The van der Waals surface area contributed by atoms with Crippen LogP contribution in [0, 0.1) is 0 Å². The van der Waals surface area contributed by atoms with Crippen molar-refractivity contribution in [3.8, 4) is 5.75 Å². The van der Waals surface area contributed by atoms with E-state index in [2.05, 4.69) is 24.1 Å². The van der Waals surface area contributed by atoms with E-state index in [9.17, 15) is 0 Å². The third-order valence-corrected chi connectivity index (χ3v) is 4.47. The van der Waals surface area contributed by atoms with Gasteiger partial charge in [0, 0.05) is 30.4 Å². The zero-order valence-corrected chi connectivity index (χ0v) is 13.1. The molecule has 0 aromatic heterocycles. The van der Waals surface area contributed by atoms with Crippen LogP contribution in [0.2, 0.25) is 0 Å². The number of benzene rings is 1. The van der Waals surface area contributed by atoms with Crippen molar-refractivity contribution in [2.45, 2.75) is 57.5 Å². The fraction of sp³-hybridized carbons (Fsp3) is 0.647. The van der Waals surface area contributed by atoms with Gasteiger partial charge < -0.3 is 15.4 Å². The minimum absolute atomic E-state index is 0.0191. The van der Waals surface area contributed by atoms with E-state index >= 15 is 0 Å². The molecule has 0 saturated heterocycles. The van der Waals surface area contributed by atoms with Crippen LogP contribution in [0.5, 0.6) is 5.75 Å². The Hall–Kier alpha value is -1.22. The van der Waals surface area contributed by atoms with Crippen LogP contribution in [-0.4, -0.2) is 20.2 Å². The van der Waals surface area contributed by atoms with Crippen molar-refractivity contribution in [2.24, 2.45) is 5.73 Å². The lowest BCUT2D eigenvalue weighted by molar-refractivity contribution is 0.406. The van der Waals surface area contributed by atoms with Crippen molar-refractivity contribution >= 4 is 5.69 Å². The number of anilines is 1. The third-order valence-electron chi connectivity index (χ3n) is 4.47. The van der Waals surface area contributed by atoms with E-state index in [4.69, 9.17) is 10.5 Å². The zero-order valence-electron chi connectivity index (χ0n) is 13.1. The van der Waals surface area contributed by atoms with E-state index in [1.54, 1.807) is 7.11 Å². The predicted molar refractivity (Wildman–Crippen MR) is 85.5 cm³/mol. The van der Waals surface area contributed by atoms with Gasteiger partial charge in [-0.2, -0.15) is 0 Å². The molecule has 1 atom stereocenters. The molecule has 1 saturated carbocycles. The third kappa shape index (κ3) is 3.26. The minimum Gasteiger partial charge on any atom is -0.496 e. The van der Waals surface area contributed by atoms with Crippen LogP contribution in [0.25, 0.3) is 0 Å². The molecule has 0 radical (unpaired) electrons. The monoisotopic (exact) mass is 276 g/mol. The first-order chi connectivity index (χ1) is 9.65. The smallest absolute Gasteiger partial charge is 0.125 e. The van der Waals surface area contributed by atoms with Crippen LogP contribution in [0.4, 0.5) is 5.69 Å². The fourth-order valence-corrected chi connectivity index (χ4v) is 3.32. The van der Waals surface area contributed by atoms with E-state index < -0.39 is 0 Å². The maximum Gasteiger partial charge on any atom is 0.125 e. The molecule has 1 unspecified atom stereocenters. The molecule has 112 valence electrons. The lowest BCUT2D eigenvalue weighted by Crippen LogP contribution is -2.32. The van der Waals surface area contributed by atoms with Crippen molar-refractivity contribution in [2.75, 3.05) is 19.1 Å². The molecule has 1 aromatic rings. The Kier molecular flexibility index (Phi) is 5.30. The van der Waals surface area contributed by atoms with Gasteiger partial charge in [-0.1, -0.05) is 31.7 Å². The number of nitrogens with zero attached hydrogens (tertiary/aromatic N) is 1. The van der Waals surface area contributed by atoms with E-state index in [0.29, 0.717) is 6.04 Å². The summed E-state index contributed by atoms with van der Waals surface area (Å²) in [5.74, 6) is 0.901. The fourth-order valence-electron chi connectivity index (χ4n) is 3.32. The Labute approximate surface area is 123 Å². The van der Waals surface area contributed by atoms with Gasteiger partial charge in [0.05, 0.1) is 7.11 Å². The zero-order chi connectivity index (χ0) is 14.5. The Morgan fingerprint density at radius 2 is 1.85 bits per heavy atom. The average molecular weight is 276 g/mol. The maximum atomic E-state index is 6.18. The second-order valence-electron chi connectivity index (χ2n) is 5.94. The molecule has 0 aliphatic heterocycles. The number of rotatable bonds is 4. The summed E-state index contributed by atoms with van der Waals surface area (Å²) in [5, 5.41) is 0. The Bertz CT molecular complexity index is 423. The minimum atomic E-state index is -0.0191. The van der Waals surface area contributed by atoms with Gasteiger partial charge >= 0.3 is 0 Å². The van der Waals surface area contributed by atoms with Crippen molar-refractivity contribution in [3.63, 3.8) is 0 Å². The average Bonchev–Trinajstić information content (AvgIpc) is 2.74. The number of ether oxygens (including phenoxy) is 1. The molecule has 0 bridgehead atoms. The van der Waals surface area contributed by atoms with Gasteiger partial charge in [-0.05, 0) is 31.9 Å². The Morgan fingerprint density at radius 3 is 2.40 bits per heavy atom. The SMILES string of the molecule is COc1cccc(N(C)C2CCCCCC2)c1C(C)N. The number of methoxy groups -OCH3 is 1. The van der Waals surface area contributed by atoms with Gasteiger partial charge in [0.25, 0.3) is 0 Å². The summed E-state index contributed by atoms with van der Waals surface area (Å²) >= 11 is 0. The summed E-state index contributed by atoms with van der Waals surface area (Å²) in [7, 11) is 3.92. The molecule has 1 fully saturated rings. The summed E-state index contributed by atoms with van der Waals surface area (Å²) in [6.07, 6.45) is 8.00. The van der Waals surface area contributed by atoms with E-state index in [-0.39, 0.29) is 6.04 Å². The normalized spacial score (nSPS) is 18.4. The number of hydrogen-bond donors (Lipinski definition) is 1. The maximum absolute atomic E-state index is 6.18. The summed E-state index contributed by atoms with van der Waals surface area (Å²) in [4.78, 5) is 2.42. The molecule has 2 rings (SSSR count). The standard InChI is InChI=1S/C17H28N2O/c1-13(18)17-15(11-8-12-16(17)20-3)19(2)14-9-6-4-5-7-10-14/h8,11-14H,4-7,9-10,18H2,1-3H3. The molecule has 20 heavy (non-hydrogen) atoms. The van der Waals surface area contributed by atoms with Crippen LogP contribution in [0.3, 0.4) is 0 Å². The lowest BCUT2D eigenvalue weighted by atomic mass is 10.0. The summed E-state index contributed by atoms with van der Waals surface area (Å²) < 4.78 is 5.50. The highest BCUT2D eigenvalue weighted by Gasteiger charge is 2.22. The van der Waals surface area contributed by atoms with Crippen molar-refractivity contribution < 1.29 is 4.74 Å². The van der Waals surface area contributed by atoms with Crippen LogP contribution in [-0.2, 0) is 0 Å². The molecule has 0 spiro atoms. The van der Waals surface area contributed by atoms with Gasteiger partial charge in [-0.15, -0.1) is 0 Å². The first-order valence-corrected chi connectivity index (χ1v) is 7.80. The first-order valence-electron chi connectivity index (χ1n) is 7.80. The molecule has 1 aliphatic rings. The largest absolute Gasteiger partial charge is 0.496 e. The highest BCUT2D eigenvalue weighted by atomic mass is 16.5. The number of nitrogens with two attached hydrogens (primary N) is 1. The van der Waals surface area contributed by atoms with Crippen LogP contribution in [0.15, 0.2) is 18.2 Å². The highest BCUT2D eigenvalue weighted by molar-refractivity contribution is 5.61. The predicted octanol–water partition coefficient (Wildman–Crippen LogP) is 3.87. The molecule has 1 aromatic carbocycles. The highest BCUT2D eigenvalue weighted by Crippen LogP contribution is 2.35. The number of hydrogen-bond acceptors (Lipinski definition) is 3. The summed E-state index contributed by atoms with van der Waals surface area (Å²) in [6.45, 7) is 2.03. The second kappa shape index (κ2) is 6.98. The van der Waals surface area contributed by atoms with Gasteiger partial charge in [-0.25, -0.2) is 0 Å². The molecule has 0 heterocycles. The van der Waals surface area contributed by atoms with Crippen LogP contribution in [0.1, 0.15) is 57.1 Å². The molecular weight excluding hydrogens is 248 g/mol. The van der Waals surface area contributed by atoms with E-state index in [0.717, 1.165) is 11.3 Å². The second-order valence-corrected chi connectivity index (χ2v) is 5.94. The summed E-state index contributed by atoms with van der Waals surface area (Å²) in [6, 6.07) is 6.85. The lowest BCUT2D eigenvalue weighted by Gasteiger charge is -2.32. The van der Waals surface area contributed by atoms with Gasteiger partial charge in [-0.3, -0.25) is 0 Å². The molecule has 1 aliphatic carbocycles. The van der Waals surface area contributed by atoms with Crippen molar-refractivity contribution in [1.29, 1.82) is 0 Å². The molecular formula is C17H28N2O. The van der Waals surface area contributed by atoms with Crippen LogP contribution >= 0.6 is 0 Å². The molecule has 3 heteroatoms. The van der Waals surface area contributed by atoms with Gasteiger partial charge in [0.15, 0.2) is 0 Å². The Morgan fingerprint density at radius 1 is 1.20 bits per heavy atom. The quantitative estimate of drug-likeness (QED) is 0.848. The van der Waals surface area contributed by atoms with Crippen molar-refractivity contribution in [1.82, 2.24) is 0 Å². The van der Waals surface area contributed by atoms with E-state index in [1.165, 1.54) is 44.2 Å². The van der Waals surface area contributed by atoms with Gasteiger partial charge in [0.1, 0.15) is 5.75 Å². The molecule has 3 nitrogen and oxygen atoms in total. The topological polar surface area (TPSA) is 38.5 Å². The summed E-state index contributed by atoms with van der Waals surface area (Å²) in [5.41, 5.74) is 8.54.